The van der Waals surface area contributed by atoms with Crippen molar-refractivity contribution in [3.8, 4) is 5.75 Å². The zero-order valence-electron chi connectivity index (χ0n) is 16.0. The molecule has 0 fully saturated rings. The summed E-state index contributed by atoms with van der Waals surface area (Å²) >= 11 is 1.68. The first-order valence-corrected chi connectivity index (χ1v) is 10.4. The second-order valence-corrected chi connectivity index (χ2v) is 8.02. The van der Waals surface area contributed by atoms with E-state index in [0.29, 0.717) is 13.1 Å². The molecule has 1 aromatic heterocycles. The molecular weight excluding hydrogens is 368 g/mol. The third-order valence-electron chi connectivity index (χ3n) is 5.15. The van der Waals surface area contributed by atoms with Gasteiger partial charge >= 0.3 is 0 Å². The molecule has 0 saturated carbocycles. The molecule has 0 aliphatic carbocycles. The van der Waals surface area contributed by atoms with E-state index in [9.17, 15) is 4.79 Å². The van der Waals surface area contributed by atoms with E-state index in [2.05, 4.69) is 35.2 Å². The highest BCUT2D eigenvalue weighted by molar-refractivity contribution is 7.09. The first kappa shape index (κ1) is 18.7. The number of carbonyl (C=O) groups is 1. The Balaban J connectivity index is 1.51. The Labute approximate surface area is 170 Å². The van der Waals surface area contributed by atoms with Crippen molar-refractivity contribution in [3.63, 3.8) is 0 Å². The van der Waals surface area contributed by atoms with E-state index in [4.69, 9.17) is 4.74 Å². The minimum Gasteiger partial charge on any atom is -0.497 e. The highest BCUT2D eigenvalue weighted by Crippen LogP contribution is 2.24. The summed E-state index contributed by atoms with van der Waals surface area (Å²) in [5, 5.41) is 2.05. The topological polar surface area (TPSA) is 32.8 Å². The highest BCUT2D eigenvalue weighted by Gasteiger charge is 2.23. The number of hydrogen-bond donors (Lipinski definition) is 0. The molecule has 0 N–H and O–H groups in total. The van der Waals surface area contributed by atoms with Gasteiger partial charge in [-0.3, -0.25) is 9.69 Å². The Bertz CT molecular complexity index is 922. The van der Waals surface area contributed by atoms with Gasteiger partial charge in [-0.05, 0) is 53.3 Å². The van der Waals surface area contributed by atoms with Crippen molar-refractivity contribution in [2.75, 3.05) is 25.1 Å². The zero-order chi connectivity index (χ0) is 19.3. The number of ether oxygens (including phenoxy) is 1. The van der Waals surface area contributed by atoms with Crippen LogP contribution in [0.25, 0.3) is 0 Å². The van der Waals surface area contributed by atoms with Crippen LogP contribution in [0.4, 0.5) is 5.69 Å². The number of rotatable bonds is 6. The maximum absolute atomic E-state index is 13.3. The van der Waals surface area contributed by atoms with Crippen LogP contribution in [0.2, 0.25) is 0 Å². The fourth-order valence-corrected chi connectivity index (χ4v) is 4.30. The minimum atomic E-state index is 0.123. The average molecular weight is 393 g/mol. The van der Waals surface area contributed by atoms with Crippen LogP contribution in [-0.2, 0) is 24.3 Å². The Morgan fingerprint density at radius 3 is 2.57 bits per heavy atom. The van der Waals surface area contributed by atoms with E-state index in [1.165, 1.54) is 16.0 Å². The summed E-state index contributed by atoms with van der Waals surface area (Å²) in [5.74, 6) is 0.915. The highest BCUT2D eigenvalue weighted by atomic mass is 32.1. The van der Waals surface area contributed by atoms with Crippen molar-refractivity contribution >= 4 is 22.9 Å². The molecule has 2 aromatic carbocycles. The van der Waals surface area contributed by atoms with Gasteiger partial charge in [-0.25, -0.2) is 0 Å². The van der Waals surface area contributed by atoms with Crippen molar-refractivity contribution in [1.29, 1.82) is 0 Å². The number of nitrogens with zero attached hydrogens (tertiary/aromatic N) is 2. The van der Waals surface area contributed by atoms with E-state index in [1.807, 2.05) is 40.6 Å². The van der Waals surface area contributed by atoms with Gasteiger partial charge in [0.1, 0.15) is 5.75 Å². The van der Waals surface area contributed by atoms with Crippen LogP contribution >= 0.6 is 11.3 Å². The van der Waals surface area contributed by atoms with Crippen molar-refractivity contribution in [2.24, 2.45) is 0 Å². The lowest BCUT2D eigenvalue weighted by atomic mass is 10.00. The Kier molecular flexibility index (Phi) is 5.74. The molecular formula is C23H24N2O2S. The molecule has 4 rings (SSSR count). The lowest BCUT2D eigenvalue weighted by Crippen LogP contribution is -2.42. The summed E-state index contributed by atoms with van der Waals surface area (Å²) in [6, 6.07) is 20.3. The molecule has 2 heterocycles. The van der Waals surface area contributed by atoms with Gasteiger partial charge in [-0.2, -0.15) is 0 Å². The van der Waals surface area contributed by atoms with Gasteiger partial charge in [0.05, 0.1) is 20.2 Å². The standard InChI is InChI=1S/C23H24N2O2S/c1-27-21-10-8-20(9-11-21)25(16-22-7-4-14-28-22)23(26)17-24-13-12-18-5-2-3-6-19(18)15-24/h2-11,14H,12-13,15-17H2,1H3. The van der Waals surface area contributed by atoms with Crippen molar-refractivity contribution < 1.29 is 9.53 Å². The maximum Gasteiger partial charge on any atom is 0.241 e. The molecule has 0 unspecified atom stereocenters. The Hall–Kier alpha value is -2.63. The smallest absolute Gasteiger partial charge is 0.241 e. The molecule has 1 aliphatic rings. The number of benzene rings is 2. The predicted molar refractivity (Wildman–Crippen MR) is 114 cm³/mol. The maximum atomic E-state index is 13.3. The molecule has 0 saturated heterocycles. The summed E-state index contributed by atoms with van der Waals surface area (Å²) in [7, 11) is 1.65. The number of hydrogen-bond acceptors (Lipinski definition) is 4. The zero-order valence-corrected chi connectivity index (χ0v) is 16.8. The summed E-state index contributed by atoms with van der Waals surface area (Å²) < 4.78 is 5.26. The van der Waals surface area contributed by atoms with E-state index in [1.54, 1.807) is 18.4 Å². The summed E-state index contributed by atoms with van der Waals surface area (Å²) in [6.07, 6.45) is 0.997. The van der Waals surface area contributed by atoms with Crippen LogP contribution in [0.5, 0.6) is 5.75 Å². The largest absolute Gasteiger partial charge is 0.497 e. The Morgan fingerprint density at radius 1 is 1.07 bits per heavy atom. The molecule has 5 heteroatoms. The van der Waals surface area contributed by atoms with Gasteiger partial charge in [-0.1, -0.05) is 30.3 Å². The quantitative estimate of drug-likeness (QED) is 0.625. The monoisotopic (exact) mass is 392 g/mol. The number of methoxy groups -OCH3 is 1. The van der Waals surface area contributed by atoms with Gasteiger partial charge in [0.2, 0.25) is 5.91 Å². The van der Waals surface area contributed by atoms with Crippen LogP contribution in [0.3, 0.4) is 0 Å². The summed E-state index contributed by atoms with van der Waals surface area (Å²) in [5.41, 5.74) is 3.63. The number of carbonyl (C=O) groups excluding carboxylic acids is 1. The normalized spacial score (nSPS) is 13.8. The lowest BCUT2D eigenvalue weighted by molar-refractivity contribution is -0.120. The molecule has 144 valence electrons. The van der Waals surface area contributed by atoms with Crippen molar-refractivity contribution in [1.82, 2.24) is 4.90 Å². The third kappa shape index (κ3) is 4.26. The predicted octanol–water partition coefficient (Wildman–Crippen LogP) is 4.35. The van der Waals surface area contributed by atoms with Gasteiger partial charge in [0.25, 0.3) is 0 Å². The molecule has 28 heavy (non-hydrogen) atoms. The van der Waals surface area contributed by atoms with Crippen LogP contribution < -0.4 is 9.64 Å². The van der Waals surface area contributed by atoms with E-state index < -0.39 is 0 Å². The second-order valence-electron chi connectivity index (χ2n) is 6.99. The summed E-state index contributed by atoms with van der Waals surface area (Å²) in [4.78, 5) is 18.6. The van der Waals surface area contributed by atoms with E-state index in [-0.39, 0.29) is 5.91 Å². The summed E-state index contributed by atoms with van der Waals surface area (Å²) in [6.45, 7) is 2.76. The number of anilines is 1. The molecule has 0 spiro atoms. The SMILES string of the molecule is COc1ccc(N(Cc2cccs2)C(=O)CN2CCc3ccccc3C2)cc1. The van der Waals surface area contributed by atoms with Crippen molar-refractivity contribution in [3.05, 3.63) is 82.0 Å². The van der Waals surface area contributed by atoms with Gasteiger partial charge in [-0.15, -0.1) is 11.3 Å². The van der Waals surface area contributed by atoms with Gasteiger partial charge in [0.15, 0.2) is 0 Å². The first-order chi connectivity index (χ1) is 13.7. The van der Waals surface area contributed by atoms with E-state index >= 15 is 0 Å². The van der Waals surface area contributed by atoms with Gasteiger partial charge < -0.3 is 9.64 Å². The number of thiophene rings is 1. The molecule has 0 atom stereocenters. The molecule has 0 bridgehead atoms. The van der Waals surface area contributed by atoms with E-state index in [0.717, 1.165) is 30.9 Å². The lowest BCUT2D eigenvalue weighted by Gasteiger charge is -2.31. The molecule has 4 nitrogen and oxygen atoms in total. The third-order valence-corrected chi connectivity index (χ3v) is 6.01. The fourth-order valence-electron chi connectivity index (χ4n) is 3.61. The van der Waals surface area contributed by atoms with Crippen LogP contribution in [0, 0.1) is 0 Å². The van der Waals surface area contributed by atoms with Crippen LogP contribution in [0.1, 0.15) is 16.0 Å². The molecule has 3 aromatic rings. The average Bonchev–Trinajstić information content (AvgIpc) is 3.25. The van der Waals surface area contributed by atoms with Gasteiger partial charge in [0, 0.05) is 23.7 Å². The number of fused-ring (bicyclic) bond motifs is 1. The van der Waals surface area contributed by atoms with Crippen LogP contribution in [-0.4, -0.2) is 31.0 Å². The second kappa shape index (κ2) is 8.59. The van der Waals surface area contributed by atoms with Crippen molar-refractivity contribution in [2.45, 2.75) is 19.5 Å². The molecule has 0 radical (unpaired) electrons. The Morgan fingerprint density at radius 2 is 1.86 bits per heavy atom. The van der Waals surface area contributed by atoms with Crippen LogP contribution in [0.15, 0.2) is 66.0 Å². The first-order valence-electron chi connectivity index (χ1n) is 9.49. The number of amides is 1. The molecule has 1 amide bonds. The molecule has 1 aliphatic heterocycles. The fraction of sp³-hybridized carbons (Fsp3) is 0.261. The minimum absolute atomic E-state index is 0.123.